The van der Waals surface area contributed by atoms with Crippen molar-refractivity contribution >= 4 is 23.3 Å². The lowest BCUT2D eigenvalue weighted by atomic mass is 9.91. The topological polar surface area (TPSA) is 128 Å². The van der Waals surface area contributed by atoms with Crippen LogP contribution in [0.15, 0.2) is 30.0 Å². The molecule has 0 aliphatic carbocycles. The molecule has 0 unspecified atom stereocenters. The number of rotatable bonds is 4. The van der Waals surface area contributed by atoms with Gasteiger partial charge in [0.25, 0.3) is 17.1 Å². The maximum atomic E-state index is 13.0. The number of hydrogen-bond acceptors (Lipinski definition) is 8. The normalized spacial score (nSPS) is 17.0. The molecule has 1 aromatic carbocycles. The van der Waals surface area contributed by atoms with E-state index in [-0.39, 0.29) is 12.1 Å². The lowest BCUT2D eigenvalue weighted by molar-refractivity contribution is -0.386. The summed E-state index contributed by atoms with van der Waals surface area (Å²) in [5.74, 6) is -3.99. The zero-order chi connectivity index (χ0) is 24.0. The Kier molecular flexibility index (Phi) is 5.71. The highest BCUT2D eigenvalue weighted by Gasteiger charge is 2.71. The molecule has 0 spiro atoms. The fraction of sp³-hybridized carbons (Fsp3) is 0.375. The Balaban J connectivity index is 2.50. The summed E-state index contributed by atoms with van der Waals surface area (Å²) in [5, 5.41) is 22.6. The summed E-state index contributed by atoms with van der Waals surface area (Å²) in [6, 6.07) is 0.439. The van der Waals surface area contributed by atoms with E-state index in [1.54, 1.807) is 0 Å². The van der Waals surface area contributed by atoms with E-state index in [2.05, 4.69) is 5.32 Å². The van der Waals surface area contributed by atoms with Crippen LogP contribution in [-0.2, 0) is 24.7 Å². The van der Waals surface area contributed by atoms with E-state index in [4.69, 9.17) is 9.47 Å². The minimum atomic E-state index is -6.25. The third kappa shape index (κ3) is 4.40. The van der Waals surface area contributed by atoms with Gasteiger partial charge in [0.1, 0.15) is 5.69 Å². The van der Waals surface area contributed by atoms with Gasteiger partial charge in [0.05, 0.1) is 4.92 Å². The van der Waals surface area contributed by atoms with Crippen LogP contribution in [0.1, 0.15) is 19.4 Å². The maximum absolute atomic E-state index is 13.0. The van der Waals surface area contributed by atoms with Crippen molar-refractivity contribution in [1.29, 1.82) is 0 Å². The fourth-order valence-electron chi connectivity index (χ4n) is 2.45. The van der Waals surface area contributed by atoms with Crippen LogP contribution in [0.5, 0.6) is 0 Å². The summed E-state index contributed by atoms with van der Waals surface area (Å²) in [6.45, 7) is 2.47. The predicted molar refractivity (Wildman–Crippen MR) is 87.1 cm³/mol. The molecule has 2 N–H and O–H groups in total. The number of nitro groups is 1. The number of ether oxygens (including phenoxy) is 2. The molecule has 0 amide bonds. The second kappa shape index (κ2) is 7.40. The first-order chi connectivity index (χ1) is 13.9. The predicted octanol–water partition coefficient (Wildman–Crippen LogP) is 3.04. The minimum absolute atomic E-state index is 0.136. The van der Waals surface area contributed by atoms with Gasteiger partial charge >= 0.3 is 24.3 Å². The summed E-state index contributed by atoms with van der Waals surface area (Å²) in [6.07, 6.45) is -11.9. The molecule has 0 atom stereocenters. The molecule has 15 heteroatoms. The lowest BCUT2D eigenvalue weighted by Gasteiger charge is -2.32. The summed E-state index contributed by atoms with van der Waals surface area (Å²) in [7, 11) is 0. The first kappa shape index (κ1) is 23.9. The van der Waals surface area contributed by atoms with Gasteiger partial charge in [-0.1, -0.05) is 6.07 Å². The molecular formula is C16H12F6N2O7. The SMILES string of the molecule is CC1(C)OC(=O)C(=CNc2ccc(C(O)(C(F)(F)F)C(F)(F)F)cc2[N+](=O)[O-])C(=O)O1. The number of nitrogens with zero attached hydrogens (tertiary/aromatic N) is 1. The number of nitrogens with one attached hydrogen (secondary N) is 1. The molecule has 9 nitrogen and oxygen atoms in total. The molecule has 31 heavy (non-hydrogen) atoms. The van der Waals surface area contributed by atoms with E-state index in [1.165, 1.54) is 13.8 Å². The van der Waals surface area contributed by atoms with Gasteiger partial charge in [-0.25, -0.2) is 9.59 Å². The van der Waals surface area contributed by atoms with E-state index >= 15 is 0 Å². The van der Waals surface area contributed by atoms with Crippen LogP contribution in [0.2, 0.25) is 0 Å². The second-order valence-electron chi connectivity index (χ2n) is 6.58. The van der Waals surface area contributed by atoms with E-state index in [0.717, 1.165) is 0 Å². The average molecular weight is 458 g/mol. The molecule has 1 saturated heterocycles. The van der Waals surface area contributed by atoms with Gasteiger partial charge in [-0.15, -0.1) is 0 Å². The lowest BCUT2D eigenvalue weighted by Crippen LogP contribution is -2.53. The van der Waals surface area contributed by atoms with Gasteiger partial charge in [-0.3, -0.25) is 10.1 Å². The quantitative estimate of drug-likeness (QED) is 0.176. The number of esters is 2. The van der Waals surface area contributed by atoms with E-state index < -0.39 is 63.1 Å². The number of carbonyl (C=O) groups is 2. The van der Waals surface area contributed by atoms with E-state index in [0.29, 0.717) is 12.3 Å². The Morgan fingerprint density at radius 1 is 1.06 bits per heavy atom. The monoisotopic (exact) mass is 458 g/mol. The van der Waals surface area contributed by atoms with Crippen LogP contribution in [0.25, 0.3) is 0 Å². The number of anilines is 1. The molecule has 1 aliphatic rings. The molecule has 2 rings (SSSR count). The van der Waals surface area contributed by atoms with Crippen LogP contribution in [-0.4, -0.2) is 40.1 Å². The maximum Gasteiger partial charge on any atom is 0.430 e. The number of cyclic esters (lactones) is 2. The van der Waals surface area contributed by atoms with Crippen molar-refractivity contribution < 1.29 is 55.4 Å². The standard InChI is InChI=1S/C16H12F6N2O7/c1-13(2)30-11(25)8(12(26)31-13)6-23-9-4-3-7(5-10(9)24(28)29)14(27,15(17,18)19)16(20,21)22/h3-6,23,27H,1-2H3. The zero-order valence-electron chi connectivity index (χ0n) is 15.4. The Morgan fingerprint density at radius 3 is 1.97 bits per heavy atom. The number of alkyl halides is 6. The minimum Gasteiger partial charge on any atom is -0.419 e. The highest BCUT2D eigenvalue weighted by atomic mass is 19.4. The van der Waals surface area contributed by atoms with Crippen molar-refractivity contribution in [2.24, 2.45) is 0 Å². The van der Waals surface area contributed by atoms with Crippen molar-refractivity contribution in [3.05, 3.63) is 45.6 Å². The van der Waals surface area contributed by atoms with Crippen molar-refractivity contribution in [3.63, 3.8) is 0 Å². The highest BCUT2D eigenvalue weighted by Crippen LogP contribution is 2.51. The molecule has 0 saturated carbocycles. The first-order valence-corrected chi connectivity index (χ1v) is 7.99. The number of hydrogen-bond donors (Lipinski definition) is 2. The summed E-state index contributed by atoms with van der Waals surface area (Å²) in [4.78, 5) is 33.5. The van der Waals surface area contributed by atoms with Crippen LogP contribution in [0.4, 0.5) is 37.7 Å². The molecular weight excluding hydrogens is 446 g/mol. The molecule has 0 bridgehead atoms. The van der Waals surface area contributed by atoms with Crippen LogP contribution in [0.3, 0.4) is 0 Å². The number of aliphatic hydroxyl groups is 1. The molecule has 0 radical (unpaired) electrons. The van der Waals surface area contributed by atoms with Crippen molar-refractivity contribution in [2.45, 2.75) is 37.6 Å². The van der Waals surface area contributed by atoms with Crippen molar-refractivity contribution in [1.82, 2.24) is 0 Å². The van der Waals surface area contributed by atoms with Gasteiger partial charge in [0.2, 0.25) is 0 Å². The average Bonchev–Trinajstić information content (AvgIpc) is 2.57. The van der Waals surface area contributed by atoms with Crippen molar-refractivity contribution in [3.8, 4) is 0 Å². The molecule has 0 aromatic heterocycles. The number of halogens is 6. The third-order valence-corrected chi connectivity index (χ3v) is 3.92. The summed E-state index contributed by atoms with van der Waals surface area (Å²) >= 11 is 0. The molecule has 1 heterocycles. The number of carbonyl (C=O) groups excluding carboxylic acids is 2. The summed E-state index contributed by atoms with van der Waals surface area (Å²) < 4.78 is 87.5. The van der Waals surface area contributed by atoms with Crippen LogP contribution < -0.4 is 5.32 Å². The number of nitro benzene ring substituents is 1. The van der Waals surface area contributed by atoms with Gasteiger partial charge < -0.3 is 19.9 Å². The number of benzene rings is 1. The Morgan fingerprint density at radius 2 is 1.55 bits per heavy atom. The van der Waals surface area contributed by atoms with Crippen LogP contribution >= 0.6 is 0 Å². The Labute approximate surface area is 168 Å². The first-order valence-electron chi connectivity index (χ1n) is 7.99. The molecule has 1 fully saturated rings. The Bertz CT molecular complexity index is 932. The largest absolute Gasteiger partial charge is 0.430 e. The highest BCUT2D eigenvalue weighted by molar-refractivity contribution is 6.15. The van der Waals surface area contributed by atoms with E-state index in [9.17, 15) is 51.2 Å². The molecule has 170 valence electrons. The Hall–Kier alpha value is -3.36. The molecule has 1 aliphatic heterocycles. The van der Waals surface area contributed by atoms with Crippen LogP contribution in [0, 0.1) is 10.1 Å². The fourth-order valence-corrected chi connectivity index (χ4v) is 2.45. The van der Waals surface area contributed by atoms with Gasteiger partial charge in [0, 0.05) is 31.7 Å². The van der Waals surface area contributed by atoms with Gasteiger partial charge in [-0.2, -0.15) is 26.3 Å². The summed E-state index contributed by atoms with van der Waals surface area (Å²) in [5.41, 5.74) is -10.0. The van der Waals surface area contributed by atoms with Gasteiger partial charge in [-0.05, 0) is 6.07 Å². The van der Waals surface area contributed by atoms with Gasteiger partial charge in [0.15, 0.2) is 5.57 Å². The third-order valence-electron chi connectivity index (χ3n) is 3.92. The smallest absolute Gasteiger partial charge is 0.419 e. The second-order valence-corrected chi connectivity index (χ2v) is 6.58. The zero-order valence-corrected chi connectivity index (χ0v) is 15.4. The molecule has 1 aromatic rings. The van der Waals surface area contributed by atoms with Crippen molar-refractivity contribution in [2.75, 3.05) is 5.32 Å². The van der Waals surface area contributed by atoms with E-state index in [1.807, 2.05) is 0 Å².